The van der Waals surface area contributed by atoms with E-state index in [1.807, 2.05) is 18.2 Å². The number of allylic oxidation sites excluding steroid dienone is 2. The van der Waals surface area contributed by atoms with Crippen LogP contribution in [0.2, 0.25) is 0 Å². The fraction of sp³-hybridized carbons (Fsp3) is 0.474. The van der Waals surface area contributed by atoms with Gasteiger partial charge in [-0.05, 0) is 62.9 Å². The molecule has 1 unspecified atom stereocenters. The number of benzene rings is 1. The molecule has 2 aromatic rings. The highest BCUT2D eigenvalue weighted by Gasteiger charge is 2.22. The third kappa shape index (κ3) is 4.98. The van der Waals surface area contributed by atoms with Crippen molar-refractivity contribution in [3.63, 3.8) is 0 Å². The van der Waals surface area contributed by atoms with Gasteiger partial charge >= 0.3 is 0 Å². The van der Waals surface area contributed by atoms with Crippen molar-refractivity contribution in [1.29, 1.82) is 0 Å². The number of H-pyrrole nitrogens is 1. The first kappa shape index (κ1) is 19.8. The van der Waals surface area contributed by atoms with E-state index in [9.17, 15) is 4.79 Å². The predicted octanol–water partition coefficient (Wildman–Crippen LogP) is 2.28. The molecule has 0 fully saturated rings. The van der Waals surface area contributed by atoms with E-state index in [1.165, 1.54) is 5.57 Å². The lowest BCUT2D eigenvalue weighted by Gasteiger charge is -2.19. The summed E-state index contributed by atoms with van der Waals surface area (Å²) in [7, 11) is 3.52. The van der Waals surface area contributed by atoms with Crippen molar-refractivity contribution in [3.05, 3.63) is 52.4 Å². The van der Waals surface area contributed by atoms with E-state index in [0.29, 0.717) is 17.9 Å². The van der Waals surface area contributed by atoms with Crippen LogP contribution < -0.4 is 5.73 Å². The van der Waals surface area contributed by atoms with Gasteiger partial charge in [0.1, 0.15) is 0 Å². The molecule has 7 heteroatoms. The minimum atomic E-state index is -0.0380. The van der Waals surface area contributed by atoms with Crippen LogP contribution in [0.5, 0.6) is 0 Å². The second kappa shape index (κ2) is 9.24. The number of nitrogens with two attached hydrogens (primary N) is 1. The van der Waals surface area contributed by atoms with Crippen molar-refractivity contribution in [2.75, 3.05) is 20.6 Å². The van der Waals surface area contributed by atoms with Gasteiger partial charge in [-0.25, -0.2) is 0 Å². The molecule has 0 radical (unpaired) electrons. The van der Waals surface area contributed by atoms with E-state index in [2.05, 4.69) is 40.5 Å². The van der Waals surface area contributed by atoms with Crippen molar-refractivity contribution in [1.82, 2.24) is 25.5 Å². The average Bonchev–Trinajstić information content (AvgIpc) is 3.13. The number of hydrogen-bond donors (Lipinski definition) is 2. The van der Waals surface area contributed by atoms with Gasteiger partial charge in [0.15, 0.2) is 5.82 Å². The highest BCUT2D eigenvalue weighted by Crippen LogP contribution is 2.29. The van der Waals surface area contributed by atoms with E-state index in [0.717, 1.165) is 30.4 Å². The van der Waals surface area contributed by atoms with Gasteiger partial charge in [0.2, 0.25) is 0 Å². The summed E-state index contributed by atoms with van der Waals surface area (Å²) in [5, 5.41) is 14.5. The van der Waals surface area contributed by atoms with Gasteiger partial charge < -0.3 is 10.6 Å². The molecule has 140 valence electrons. The van der Waals surface area contributed by atoms with Crippen LogP contribution in [-0.2, 0) is 6.42 Å². The van der Waals surface area contributed by atoms with Gasteiger partial charge in [0, 0.05) is 25.6 Å². The summed E-state index contributed by atoms with van der Waals surface area (Å²) in [5.74, 6) is 0.588. The van der Waals surface area contributed by atoms with Gasteiger partial charge in [-0.15, -0.1) is 10.2 Å². The molecule has 1 aromatic heterocycles. The maximum Gasteiger partial charge on any atom is 0.253 e. The second-order valence-electron chi connectivity index (χ2n) is 6.83. The van der Waals surface area contributed by atoms with Crippen LogP contribution in [0.3, 0.4) is 0 Å². The van der Waals surface area contributed by atoms with Gasteiger partial charge in [-0.1, -0.05) is 22.9 Å². The molecule has 7 nitrogen and oxygen atoms in total. The normalized spacial score (nSPS) is 11.9. The molecule has 26 heavy (non-hydrogen) atoms. The van der Waals surface area contributed by atoms with E-state index >= 15 is 0 Å². The van der Waals surface area contributed by atoms with Crippen molar-refractivity contribution < 1.29 is 4.79 Å². The lowest BCUT2D eigenvalue weighted by atomic mass is 9.87. The first-order valence-corrected chi connectivity index (χ1v) is 8.85. The van der Waals surface area contributed by atoms with Crippen LogP contribution in [-0.4, -0.2) is 52.1 Å². The number of hydrogen-bond acceptors (Lipinski definition) is 5. The second-order valence-corrected chi connectivity index (χ2v) is 6.83. The number of carbonyl (C=O) groups is 1. The summed E-state index contributed by atoms with van der Waals surface area (Å²) >= 11 is 0. The Morgan fingerprint density at radius 2 is 2.12 bits per heavy atom. The van der Waals surface area contributed by atoms with Crippen LogP contribution in [0, 0.1) is 0 Å². The highest BCUT2D eigenvalue weighted by atomic mass is 16.2. The number of carbonyl (C=O) groups excluding carboxylic acids is 1. The Bertz CT molecular complexity index is 747. The van der Waals surface area contributed by atoms with Crippen LogP contribution in [0.4, 0.5) is 0 Å². The Morgan fingerprint density at radius 1 is 1.35 bits per heavy atom. The van der Waals surface area contributed by atoms with Crippen LogP contribution in [0.1, 0.15) is 59.9 Å². The van der Waals surface area contributed by atoms with Gasteiger partial charge in [0.25, 0.3) is 5.91 Å². The molecule has 0 aliphatic rings. The van der Waals surface area contributed by atoms with Gasteiger partial charge in [0.05, 0.1) is 0 Å². The van der Waals surface area contributed by atoms with Crippen molar-refractivity contribution in [2.45, 2.75) is 39.0 Å². The molecule has 1 atom stereocenters. The molecular formula is C19H28N6O. The first-order valence-electron chi connectivity index (χ1n) is 8.85. The Kier molecular flexibility index (Phi) is 7.03. The molecule has 0 aliphatic heterocycles. The lowest BCUT2D eigenvalue weighted by molar-refractivity contribution is 0.0827. The summed E-state index contributed by atoms with van der Waals surface area (Å²) < 4.78 is 0. The van der Waals surface area contributed by atoms with E-state index in [1.54, 1.807) is 19.0 Å². The topological polar surface area (TPSA) is 101 Å². The third-order valence-electron chi connectivity index (χ3n) is 4.27. The lowest BCUT2D eigenvalue weighted by Crippen LogP contribution is -2.22. The SMILES string of the molecule is CC(C)=CCCc1cc(C(=O)N(C)C)ccc1C(CCN)c1nn[nH]n1. The summed E-state index contributed by atoms with van der Waals surface area (Å²) in [6, 6.07) is 5.86. The Hall–Kier alpha value is -2.54. The minimum Gasteiger partial charge on any atom is -0.345 e. The number of nitrogens with one attached hydrogen (secondary N) is 1. The number of nitrogens with zero attached hydrogens (tertiary/aromatic N) is 4. The smallest absolute Gasteiger partial charge is 0.253 e. The summed E-state index contributed by atoms with van der Waals surface area (Å²) in [5.41, 5.74) is 10.0. The average molecular weight is 356 g/mol. The molecular weight excluding hydrogens is 328 g/mol. The van der Waals surface area contributed by atoms with E-state index < -0.39 is 0 Å². The number of tetrazole rings is 1. The third-order valence-corrected chi connectivity index (χ3v) is 4.27. The quantitative estimate of drug-likeness (QED) is 0.707. The molecule has 1 aromatic carbocycles. The zero-order chi connectivity index (χ0) is 19.1. The molecule has 0 saturated carbocycles. The molecule has 1 heterocycles. The van der Waals surface area contributed by atoms with E-state index in [4.69, 9.17) is 5.73 Å². The van der Waals surface area contributed by atoms with E-state index in [-0.39, 0.29) is 11.8 Å². The van der Waals surface area contributed by atoms with Gasteiger partial charge in [-0.2, -0.15) is 5.21 Å². The summed E-state index contributed by atoms with van der Waals surface area (Å²) in [4.78, 5) is 14.0. The Balaban J connectivity index is 2.44. The molecule has 0 bridgehead atoms. The van der Waals surface area contributed by atoms with Crippen molar-refractivity contribution in [2.24, 2.45) is 5.73 Å². The zero-order valence-electron chi connectivity index (χ0n) is 16.0. The maximum atomic E-state index is 12.4. The summed E-state index contributed by atoms with van der Waals surface area (Å²) in [6.07, 6.45) is 4.68. The van der Waals surface area contributed by atoms with Crippen molar-refractivity contribution >= 4 is 5.91 Å². The Morgan fingerprint density at radius 3 is 2.69 bits per heavy atom. The highest BCUT2D eigenvalue weighted by molar-refractivity contribution is 5.94. The summed E-state index contributed by atoms with van der Waals surface area (Å²) in [6.45, 7) is 4.69. The number of aryl methyl sites for hydroxylation is 1. The molecule has 3 N–H and O–H groups in total. The number of aromatic amines is 1. The molecule has 1 amide bonds. The fourth-order valence-corrected chi connectivity index (χ4v) is 2.98. The number of aromatic nitrogens is 4. The van der Waals surface area contributed by atoms with Crippen LogP contribution >= 0.6 is 0 Å². The number of amides is 1. The van der Waals surface area contributed by atoms with Crippen molar-refractivity contribution in [3.8, 4) is 0 Å². The molecule has 0 aliphatic carbocycles. The monoisotopic (exact) mass is 356 g/mol. The zero-order valence-corrected chi connectivity index (χ0v) is 16.0. The minimum absolute atomic E-state index is 0.00468. The molecule has 2 rings (SSSR count). The molecule has 0 saturated heterocycles. The standard InChI is InChI=1S/C19H28N6O/c1-13(2)6-5-7-14-12-15(19(26)25(3)4)8-9-16(14)17(10-11-20)18-21-23-24-22-18/h6,8-9,12,17H,5,7,10-11,20H2,1-4H3,(H,21,22,23,24). The van der Waals surface area contributed by atoms with Crippen LogP contribution in [0.15, 0.2) is 29.8 Å². The van der Waals surface area contributed by atoms with Crippen LogP contribution in [0.25, 0.3) is 0 Å². The fourth-order valence-electron chi connectivity index (χ4n) is 2.98. The first-order chi connectivity index (χ1) is 12.4. The van der Waals surface area contributed by atoms with Gasteiger partial charge in [-0.3, -0.25) is 4.79 Å². The molecule has 0 spiro atoms. The Labute approximate surface area is 154 Å². The number of rotatable bonds is 8. The predicted molar refractivity (Wildman–Crippen MR) is 102 cm³/mol. The largest absolute Gasteiger partial charge is 0.345 e. The maximum absolute atomic E-state index is 12.4.